The molecule has 0 unspecified atom stereocenters. The van der Waals surface area contributed by atoms with Crippen LogP contribution in [0.25, 0.3) is 16.2 Å². The maximum absolute atomic E-state index is 12.7. The first kappa shape index (κ1) is 18.9. The van der Waals surface area contributed by atoms with Crippen molar-refractivity contribution in [2.75, 3.05) is 19.8 Å². The molecule has 0 spiro atoms. The van der Waals surface area contributed by atoms with Crippen LogP contribution in [-0.4, -0.2) is 35.1 Å². The van der Waals surface area contributed by atoms with Gasteiger partial charge in [0.1, 0.15) is 5.69 Å². The number of hydrogen-bond acceptors (Lipinski definition) is 4. The zero-order valence-electron chi connectivity index (χ0n) is 14.8. The minimum absolute atomic E-state index is 0.193. The summed E-state index contributed by atoms with van der Waals surface area (Å²) in [6.07, 6.45) is -0.798. The number of rotatable bonds is 5. The molecule has 0 saturated carbocycles. The van der Waals surface area contributed by atoms with Gasteiger partial charge in [-0.25, -0.2) is 4.98 Å². The molecular formula is C19H18F3N3O2S. The minimum atomic E-state index is -4.37. The number of imidazole rings is 1. The highest BCUT2D eigenvalue weighted by molar-refractivity contribution is 7.15. The molecule has 2 aromatic heterocycles. The Morgan fingerprint density at radius 1 is 1.32 bits per heavy atom. The van der Waals surface area contributed by atoms with Crippen molar-refractivity contribution < 1.29 is 22.7 Å². The van der Waals surface area contributed by atoms with Crippen LogP contribution in [0.1, 0.15) is 28.9 Å². The van der Waals surface area contributed by atoms with Crippen LogP contribution < -0.4 is 5.32 Å². The van der Waals surface area contributed by atoms with Crippen molar-refractivity contribution in [1.29, 1.82) is 0 Å². The van der Waals surface area contributed by atoms with Gasteiger partial charge >= 0.3 is 6.18 Å². The molecule has 1 N–H and O–H groups in total. The van der Waals surface area contributed by atoms with E-state index < -0.39 is 11.7 Å². The molecule has 3 aromatic rings. The van der Waals surface area contributed by atoms with E-state index in [-0.39, 0.29) is 5.91 Å². The molecule has 28 heavy (non-hydrogen) atoms. The Bertz CT molecular complexity index is 973. The second-order valence-electron chi connectivity index (χ2n) is 6.75. The van der Waals surface area contributed by atoms with Crippen LogP contribution in [0, 0.1) is 5.92 Å². The van der Waals surface area contributed by atoms with E-state index in [1.54, 1.807) is 16.0 Å². The van der Waals surface area contributed by atoms with Gasteiger partial charge in [-0.3, -0.25) is 9.20 Å². The van der Waals surface area contributed by atoms with Gasteiger partial charge in [-0.05, 0) is 30.9 Å². The van der Waals surface area contributed by atoms with Gasteiger partial charge in [0, 0.05) is 36.9 Å². The molecular weight excluding hydrogens is 391 g/mol. The summed E-state index contributed by atoms with van der Waals surface area (Å²) in [5.41, 5.74) is 0.854. The van der Waals surface area contributed by atoms with Gasteiger partial charge in [0.05, 0.1) is 11.3 Å². The lowest BCUT2D eigenvalue weighted by atomic mass is 10.1. The van der Waals surface area contributed by atoms with E-state index in [1.807, 2.05) is 0 Å². The molecule has 1 fully saturated rings. The predicted molar refractivity (Wildman–Crippen MR) is 99.4 cm³/mol. The molecule has 0 aliphatic carbocycles. The molecule has 0 radical (unpaired) electrons. The molecule has 3 heterocycles. The van der Waals surface area contributed by atoms with Crippen molar-refractivity contribution in [3.8, 4) is 11.3 Å². The number of benzene rings is 1. The normalized spacial score (nSPS) is 17.3. The summed E-state index contributed by atoms with van der Waals surface area (Å²) in [4.78, 5) is 17.5. The van der Waals surface area contributed by atoms with Crippen molar-refractivity contribution in [3.63, 3.8) is 0 Å². The molecule has 9 heteroatoms. The average molecular weight is 409 g/mol. The Kier molecular flexibility index (Phi) is 5.11. The highest BCUT2D eigenvalue weighted by Crippen LogP contribution is 2.31. The summed E-state index contributed by atoms with van der Waals surface area (Å²) in [5.74, 6) is 0.295. The third-order valence-corrected chi connectivity index (χ3v) is 5.65. The highest BCUT2D eigenvalue weighted by Gasteiger charge is 2.30. The van der Waals surface area contributed by atoms with Gasteiger partial charge in [0.25, 0.3) is 5.91 Å². The van der Waals surface area contributed by atoms with Crippen molar-refractivity contribution in [2.24, 2.45) is 5.92 Å². The maximum atomic E-state index is 12.7. The summed E-state index contributed by atoms with van der Waals surface area (Å²) < 4.78 is 45.1. The van der Waals surface area contributed by atoms with E-state index in [0.29, 0.717) is 34.4 Å². The number of fused-ring (bicyclic) bond motifs is 1. The van der Waals surface area contributed by atoms with E-state index in [0.717, 1.165) is 38.2 Å². The number of amides is 1. The Labute approximate surface area is 163 Å². The first-order valence-electron chi connectivity index (χ1n) is 8.92. The van der Waals surface area contributed by atoms with E-state index in [4.69, 9.17) is 4.74 Å². The third-order valence-electron chi connectivity index (χ3n) is 4.81. The van der Waals surface area contributed by atoms with Crippen molar-refractivity contribution in [2.45, 2.75) is 19.0 Å². The Morgan fingerprint density at radius 2 is 2.11 bits per heavy atom. The van der Waals surface area contributed by atoms with Gasteiger partial charge in [0.15, 0.2) is 4.96 Å². The fraction of sp³-hybridized carbons (Fsp3) is 0.368. The van der Waals surface area contributed by atoms with Gasteiger partial charge in [-0.15, -0.1) is 11.3 Å². The van der Waals surface area contributed by atoms with E-state index >= 15 is 0 Å². The number of nitrogens with zero attached hydrogens (tertiary/aromatic N) is 2. The Balaban J connectivity index is 1.47. The lowest BCUT2D eigenvalue weighted by Crippen LogP contribution is -2.27. The summed E-state index contributed by atoms with van der Waals surface area (Å²) in [6, 6.07) is 4.84. The molecule has 148 valence electrons. The van der Waals surface area contributed by atoms with Crippen LogP contribution in [0.5, 0.6) is 0 Å². The maximum Gasteiger partial charge on any atom is 0.416 e. The number of ether oxygens (including phenoxy) is 1. The minimum Gasteiger partial charge on any atom is -0.381 e. The molecule has 5 nitrogen and oxygen atoms in total. The smallest absolute Gasteiger partial charge is 0.381 e. The zero-order valence-corrected chi connectivity index (χ0v) is 15.6. The fourth-order valence-corrected chi connectivity index (χ4v) is 4.06. The van der Waals surface area contributed by atoms with Gasteiger partial charge in [0.2, 0.25) is 0 Å². The number of halogens is 3. The van der Waals surface area contributed by atoms with Crippen LogP contribution in [-0.2, 0) is 10.9 Å². The first-order chi connectivity index (χ1) is 13.4. The lowest BCUT2D eigenvalue weighted by Gasteiger charge is -2.08. The quantitative estimate of drug-likeness (QED) is 0.686. The number of nitrogens with one attached hydrogen (secondary N) is 1. The molecule has 1 aliphatic heterocycles. The van der Waals surface area contributed by atoms with Gasteiger partial charge < -0.3 is 10.1 Å². The van der Waals surface area contributed by atoms with Crippen molar-refractivity contribution >= 4 is 22.2 Å². The van der Waals surface area contributed by atoms with Crippen LogP contribution in [0.3, 0.4) is 0 Å². The van der Waals surface area contributed by atoms with Crippen LogP contribution >= 0.6 is 11.3 Å². The second-order valence-corrected chi connectivity index (χ2v) is 7.59. The SMILES string of the molecule is O=C(NCC[C@H]1CCOC1)c1csc2nc(-c3ccc(C(F)(F)F)cc3)cn12. The van der Waals surface area contributed by atoms with E-state index in [9.17, 15) is 18.0 Å². The molecule has 1 amide bonds. The number of carbonyl (C=O) groups excluding carboxylic acids is 1. The van der Waals surface area contributed by atoms with Crippen LogP contribution in [0.2, 0.25) is 0 Å². The lowest BCUT2D eigenvalue weighted by molar-refractivity contribution is -0.137. The van der Waals surface area contributed by atoms with Crippen molar-refractivity contribution in [3.05, 3.63) is 47.1 Å². The predicted octanol–water partition coefficient (Wildman–Crippen LogP) is 4.24. The van der Waals surface area contributed by atoms with Gasteiger partial charge in [-0.2, -0.15) is 13.2 Å². The fourth-order valence-electron chi connectivity index (χ4n) is 3.21. The topological polar surface area (TPSA) is 55.6 Å². The summed E-state index contributed by atoms with van der Waals surface area (Å²) >= 11 is 1.31. The second kappa shape index (κ2) is 7.56. The molecule has 0 bridgehead atoms. The number of carbonyl (C=O) groups is 1. The number of hydrogen-bond donors (Lipinski definition) is 1. The van der Waals surface area contributed by atoms with Crippen molar-refractivity contribution in [1.82, 2.24) is 14.7 Å². The zero-order chi connectivity index (χ0) is 19.7. The molecule has 1 saturated heterocycles. The van der Waals surface area contributed by atoms with E-state index in [1.165, 1.54) is 23.5 Å². The van der Waals surface area contributed by atoms with Crippen LogP contribution in [0.15, 0.2) is 35.8 Å². The third kappa shape index (κ3) is 3.90. The number of aromatic nitrogens is 2. The van der Waals surface area contributed by atoms with Gasteiger partial charge in [-0.1, -0.05) is 12.1 Å². The largest absolute Gasteiger partial charge is 0.416 e. The molecule has 4 rings (SSSR count). The molecule has 1 atom stereocenters. The molecule has 1 aliphatic rings. The van der Waals surface area contributed by atoms with Crippen LogP contribution in [0.4, 0.5) is 13.2 Å². The summed E-state index contributed by atoms with van der Waals surface area (Å²) in [5, 5.41) is 4.64. The molecule has 1 aromatic carbocycles. The first-order valence-corrected chi connectivity index (χ1v) is 9.80. The number of alkyl halides is 3. The summed E-state index contributed by atoms with van der Waals surface area (Å²) in [6.45, 7) is 2.10. The Morgan fingerprint density at radius 3 is 2.79 bits per heavy atom. The standard InChI is InChI=1S/C19H18F3N3O2S/c20-19(21,22)14-3-1-13(2-4-14)15-9-25-16(11-28-18(25)24-15)17(26)23-7-5-12-6-8-27-10-12/h1-4,9,11-12H,5-8,10H2,(H,23,26)/t12-/m0/s1. The monoisotopic (exact) mass is 409 g/mol. The highest BCUT2D eigenvalue weighted by atomic mass is 32.1. The van der Waals surface area contributed by atoms with E-state index in [2.05, 4.69) is 10.3 Å². The average Bonchev–Trinajstić information content (AvgIpc) is 3.38. The summed E-state index contributed by atoms with van der Waals surface area (Å²) in [7, 11) is 0. The Hall–Kier alpha value is -2.39. The number of thiazole rings is 1.